The highest BCUT2D eigenvalue weighted by Crippen LogP contribution is 2.46. The molecule has 0 aliphatic carbocycles. The largest absolute Gasteiger partial charge is 0.315 e. The Morgan fingerprint density at radius 2 is 0.645 bits per heavy atom. The molecule has 0 N–H and O–H groups in total. The summed E-state index contributed by atoms with van der Waals surface area (Å²) in [6.07, 6.45) is 2.20. The molecule has 0 bridgehead atoms. The number of fused-ring (bicyclic) bond motifs is 2. The summed E-state index contributed by atoms with van der Waals surface area (Å²) >= 11 is 0. The Labute approximate surface area is 362 Å². The van der Waals surface area contributed by atoms with E-state index < -0.39 is 0 Å². The molecule has 0 radical (unpaired) electrons. The minimum Gasteiger partial charge on any atom is -0.315 e. The van der Waals surface area contributed by atoms with E-state index in [1.807, 2.05) is 0 Å². The predicted octanol–water partition coefficient (Wildman–Crippen LogP) is 16.6. The summed E-state index contributed by atoms with van der Waals surface area (Å²) in [5, 5.41) is 2.47. The molecule has 292 valence electrons. The molecule has 0 fully saturated rings. The molecule has 0 spiro atoms. The van der Waals surface area contributed by atoms with Gasteiger partial charge in [0, 0.05) is 34.4 Å². The molecule has 2 heterocycles. The van der Waals surface area contributed by atoms with Crippen LogP contribution in [-0.4, -0.2) is 4.40 Å². The monoisotopic (exact) mass is 790 g/mol. The fourth-order valence-electron chi connectivity index (χ4n) is 8.95. The van der Waals surface area contributed by atoms with Gasteiger partial charge in [-0.2, -0.15) is 0 Å². The Morgan fingerprint density at radius 3 is 1.16 bits per heavy atom. The fourth-order valence-corrected chi connectivity index (χ4v) is 8.95. The van der Waals surface area contributed by atoms with Crippen LogP contribution in [0.25, 0.3) is 83.2 Å². The van der Waals surface area contributed by atoms with Crippen molar-refractivity contribution in [1.82, 2.24) is 4.40 Å². The highest BCUT2D eigenvalue weighted by atomic mass is 15.1. The Morgan fingerprint density at radius 1 is 0.258 bits per heavy atom. The number of pyridine rings is 1. The van der Waals surface area contributed by atoms with E-state index in [0.717, 1.165) is 17.1 Å². The fraction of sp³-hybridized carbons (Fsp3) is 0. The van der Waals surface area contributed by atoms with Gasteiger partial charge in [0.2, 0.25) is 0 Å². The lowest BCUT2D eigenvalue weighted by atomic mass is 9.91. The molecule has 0 aliphatic rings. The second-order valence-electron chi connectivity index (χ2n) is 15.8. The molecule has 2 aromatic heterocycles. The lowest BCUT2D eigenvalue weighted by Crippen LogP contribution is -2.09. The second kappa shape index (κ2) is 16.1. The number of rotatable bonds is 9. The van der Waals surface area contributed by atoms with Crippen molar-refractivity contribution in [2.45, 2.75) is 0 Å². The van der Waals surface area contributed by atoms with Gasteiger partial charge >= 0.3 is 0 Å². The third-order valence-electron chi connectivity index (χ3n) is 12.0. The summed E-state index contributed by atoms with van der Waals surface area (Å²) in [5.74, 6) is 0. The van der Waals surface area contributed by atoms with Crippen molar-refractivity contribution < 1.29 is 0 Å². The van der Waals surface area contributed by atoms with Crippen LogP contribution in [0, 0.1) is 0 Å². The van der Waals surface area contributed by atoms with Gasteiger partial charge in [-0.1, -0.05) is 194 Å². The zero-order chi connectivity index (χ0) is 41.2. The van der Waals surface area contributed by atoms with E-state index in [4.69, 9.17) is 0 Å². The molecule has 11 aromatic rings. The first kappa shape index (κ1) is 36.8. The van der Waals surface area contributed by atoms with Gasteiger partial charge in [-0.15, -0.1) is 0 Å². The average Bonchev–Trinajstić information content (AvgIpc) is 3.71. The maximum absolute atomic E-state index is 2.37. The Kier molecular flexibility index (Phi) is 9.57. The molecule has 62 heavy (non-hydrogen) atoms. The van der Waals surface area contributed by atoms with E-state index in [1.54, 1.807) is 0 Å². The summed E-state index contributed by atoms with van der Waals surface area (Å²) in [5.41, 5.74) is 18.9. The molecule has 9 aromatic carbocycles. The first-order chi connectivity index (χ1) is 30.7. The van der Waals surface area contributed by atoms with Gasteiger partial charge in [0.05, 0.1) is 11.2 Å². The highest BCUT2D eigenvalue weighted by molar-refractivity contribution is 6.04. The Bertz CT molecular complexity index is 3190. The van der Waals surface area contributed by atoms with E-state index in [2.05, 4.69) is 264 Å². The standard InChI is InChI=1S/C60H42N2/c1-4-14-43(15-5-1)47-29-35-54(36-30-47)62(55-37-31-48(32-38-55)44-16-6-2-7-17-44)56-39-33-49(34-40-56)46-23-26-51(27-24-46)60-59(53-28-25-45-18-10-11-21-52(45)42-53)58(50-19-8-3-9-20-50)57-22-12-13-41-61(57)60/h1-42H. The van der Waals surface area contributed by atoms with Gasteiger partial charge in [0.25, 0.3) is 0 Å². The van der Waals surface area contributed by atoms with Crippen LogP contribution in [0.2, 0.25) is 0 Å². The maximum Gasteiger partial charge on any atom is 0.0613 e. The molecular formula is C60H42N2. The molecule has 2 heteroatoms. The van der Waals surface area contributed by atoms with Gasteiger partial charge in [0.15, 0.2) is 0 Å². The summed E-state index contributed by atoms with van der Waals surface area (Å²) < 4.78 is 2.37. The van der Waals surface area contributed by atoms with Crippen molar-refractivity contribution in [1.29, 1.82) is 0 Å². The average molecular weight is 791 g/mol. The zero-order valence-corrected chi connectivity index (χ0v) is 34.1. The minimum absolute atomic E-state index is 1.10. The lowest BCUT2D eigenvalue weighted by molar-refractivity contribution is 1.20. The normalized spacial score (nSPS) is 11.2. The maximum atomic E-state index is 2.37. The van der Waals surface area contributed by atoms with Gasteiger partial charge in [-0.25, -0.2) is 0 Å². The predicted molar refractivity (Wildman–Crippen MR) is 262 cm³/mol. The van der Waals surface area contributed by atoms with Crippen LogP contribution < -0.4 is 4.90 Å². The van der Waals surface area contributed by atoms with E-state index in [0.29, 0.717) is 0 Å². The van der Waals surface area contributed by atoms with Crippen molar-refractivity contribution in [3.63, 3.8) is 0 Å². The molecule has 2 nitrogen and oxygen atoms in total. The van der Waals surface area contributed by atoms with Crippen LogP contribution in [0.5, 0.6) is 0 Å². The number of hydrogen-bond acceptors (Lipinski definition) is 1. The van der Waals surface area contributed by atoms with Crippen LogP contribution in [0.3, 0.4) is 0 Å². The molecule has 0 amide bonds. The van der Waals surface area contributed by atoms with Crippen molar-refractivity contribution in [2.24, 2.45) is 0 Å². The van der Waals surface area contributed by atoms with E-state index >= 15 is 0 Å². The summed E-state index contributed by atoms with van der Waals surface area (Å²) in [6.45, 7) is 0. The van der Waals surface area contributed by atoms with E-state index in [-0.39, 0.29) is 0 Å². The number of aromatic nitrogens is 1. The first-order valence-electron chi connectivity index (χ1n) is 21.2. The molecule has 0 unspecified atom stereocenters. The molecular weight excluding hydrogens is 749 g/mol. The number of anilines is 3. The van der Waals surface area contributed by atoms with Crippen molar-refractivity contribution in [2.75, 3.05) is 4.90 Å². The number of hydrogen-bond donors (Lipinski definition) is 0. The van der Waals surface area contributed by atoms with Crippen molar-refractivity contribution >= 4 is 33.4 Å². The summed E-state index contributed by atoms with van der Waals surface area (Å²) in [6, 6.07) is 89.8. The van der Waals surface area contributed by atoms with Gasteiger partial charge in [-0.05, 0) is 115 Å². The Balaban J connectivity index is 0.967. The van der Waals surface area contributed by atoms with Crippen molar-refractivity contribution in [3.8, 4) is 66.9 Å². The van der Waals surface area contributed by atoms with Crippen LogP contribution in [0.4, 0.5) is 17.1 Å². The SMILES string of the molecule is c1ccc(-c2ccc(N(c3ccc(-c4ccccc4)cc3)c3ccc(-c4ccc(-c5c(-c6ccc7ccccc7c6)c(-c6ccccc6)c6ccccn56)cc4)cc3)cc2)cc1. The van der Waals surface area contributed by atoms with E-state index in [9.17, 15) is 0 Å². The summed E-state index contributed by atoms with van der Waals surface area (Å²) in [4.78, 5) is 2.34. The van der Waals surface area contributed by atoms with Crippen molar-refractivity contribution in [3.05, 3.63) is 255 Å². The van der Waals surface area contributed by atoms with Crippen LogP contribution in [-0.2, 0) is 0 Å². The molecule has 0 atom stereocenters. The molecule has 0 aliphatic heterocycles. The second-order valence-corrected chi connectivity index (χ2v) is 15.8. The minimum atomic E-state index is 1.10. The highest BCUT2D eigenvalue weighted by Gasteiger charge is 2.22. The number of nitrogens with zero attached hydrogens (tertiary/aromatic N) is 2. The molecule has 11 rings (SSSR count). The van der Waals surface area contributed by atoms with Crippen LogP contribution >= 0.6 is 0 Å². The van der Waals surface area contributed by atoms with Gasteiger partial charge in [-0.3, -0.25) is 0 Å². The van der Waals surface area contributed by atoms with Crippen LogP contribution in [0.15, 0.2) is 255 Å². The molecule has 0 saturated heterocycles. The topological polar surface area (TPSA) is 7.65 Å². The summed E-state index contributed by atoms with van der Waals surface area (Å²) in [7, 11) is 0. The van der Waals surface area contributed by atoms with Gasteiger partial charge in [0.1, 0.15) is 0 Å². The lowest BCUT2D eigenvalue weighted by Gasteiger charge is -2.26. The molecule has 0 saturated carbocycles. The van der Waals surface area contributed by atoms with E-state index in [1.165, 1.54) is 83.2 Å². The zero-order valence-electron chi connectivity index (χ0n) is 34.1. The number of benzene rings is 9. The quantitative estimate of drug-likeness (QED) is 0.141. The van der Waals surface area contributed by atoms with Crippen LogP contribution in [0.1, 0.15) is 0 Å². The first-order valence-corrected chi connectivity index (χ1v) is 21.2. The Hall–Kier alpha value is -8.20. The third kappa shape index (κ3) is 6.94. The third-order valence-corrected chi connectivity index (χ3v) is 12.0. The van der Waals surface area contributed by atoms with Gasteiger partial charge < -0.3 is 9.30 Å². The smallest absolute Gasteiger partial charge is 0.0613 e.